The number of aromatic hydroxyl groups is 1. The minimum Gasteiger partial charge on any atom is -0.506 e. The second-order valence-corrected chi connectivity index (χ2v) is 17.1. The number of carbonyl (C=O) groups is 2. The monoisotopic (exact) mass is 862 g/mol. The van der Waals surface area contributed by atoms with Crippen LogP contribution in [0.15, 0.2) is 88.6 Å². The number of nitrogens with one attached hydrogen (secondary N) is 2. The number of aromatic amines is 2. The van der Waals surface area contributed by atoms with E-state index in [-0.39, 0.29) is 29.8 Å². The number of oxazole rings is 2. The summed E-state index contributed by atoms with van der Waals surface area (Å²) < 4.78 is 28.3. The van der Waals surface area contributed by atoms with Crippen molar-refractivity contribution in [3.8, 4) is 34.0 Å². The van der Waals surface area contributed by atoms with Crippen LogP contribution in [0.2, 0.25) is 0 Å². The fourth-order valence-electron chi connectivity index (χ4n) is 7.60. The van der Waals surface area contributed by atoms with Crippen LogP contribution in [0, 0.1) is 0 Å². The molecule has 17 heteroatoms. The Hall–Kier alpha value is -6.88. The summed E-state index contributed by atoms with van der Waals surface area (Å²) in [6, 6.07) is 16.4. The number of aliphatic hydroxyl groups is 1. The maximum atomic E-state index is 12.7. The van der Waals surface area contributed by atoms with Gasteiger partial charge in [-0.05, 0) is 97.1 Å². The fourth-order valence-corrected chi connectivity index (χ4v) is 7.60. The first-order chi connectivity index (χ1) is 30.2. The highest BCUT2D eigenvalue weighted by Gasteiger charge is 2.37. The fraction of sp³-hybridized carbons (Fsp3) is 0.391. The number of aliphatic hydroxyl groups excluding tert-OH is 1. The van der Waals surface area contributed by atoms with Gasteiger partial charge < -0.3 is 53.0 Å². The standard InChI is InChI=1S/C26H28N4O4.C19H22N4O4.CH4O/c1-26(2,3)34-24(31)20-10-7-13-30(20)25-27-14-19(29-25)18-11-12-21(22-23(18)33-16-28-22)32-15-17-8-5-4-6-9-17;1-19(2,3)27-17(25)13-5-4-8-23(13)18-20-9-12(22-18)11-6-7-14(24)15-16(11)26-10-21-15;1-2/h4-6,8-9,11-12,14,16,20H,7,10,13,15H2,1-3H3,(H,27,29);6-7,9-10,13,24H,4-5,8H2,1-3H3,(H,20,22);2H,1H3. The van der Waals surface area contributed by atoms with Crippen LogP contribution in [0.4, 0.5) is 11.9 Å². The van der Waals surface area contributed by atoms with Gasteiger partial charge in [0.1, 0.15) is 41.4 Å². The third-order valence-corrected chi connectivity index (χ3v) is 10.3. The quantitative estimate of drug-likeness (QED) is 0.101. The number of anilines is 2. The molecule has 3 aromatic carbocycles. The molecule has 0 bridgehead atoms. The molecule has 9 rings (SSSR count). The first kappa shape index (κ1) is 44.2. The number of fused-ring (bicyclic) bond motifs is 2. The zero-order chi connectivity index (χ0) is 44.9. The van der Waals surface area contributed by atoms with Crippen molar-refractivity contribution in [3.05, 3.63) is 85.3 Å². The molecule has 17 nitrogen and oxygen atoms in total. The molecule has 0 saturated carbocycles. The van der Waals surface area contributed by atoms with Gasteiger partial charge >= 0.3 is 11.9 Å². The first-order valence-corrected chi connectivity index (χ1v) is 20.8. The number of rotatable bonds is 9. The zero-order valence-electron chi connectivity index (χ0n) is 36.5. The van der Waals surface area contributed by atoms with E-state index in [0.717, 1.165) is 74.0 Å². The minimum atomic E-state index is -0.526. The van der Waals surface area contributed by atoms with Gasteiger partial charge in [0.05, 0.1) is 23.8 Å². The Kier molecular flexibility index (Phi) is 13.1. The van der Waals surface area contributed by atoms with Crippen molar-refractivity contribution in [2.24, 2.45) is 0 Å². The van der Waals surface area contributed by atoms with E-state index >= 15 is 0 Å². The molecule has 6 heterocycles. The van der Waals surface area contributed by atoms with Crippen molar-refractivity contribution < 1.29 is 42.8 Å². The van der Waals surface area contributed by atoms with Crippen LogP contribution in [-0.2, 0) is 25.7 Å². The summed E-state index contributed by atoms with van der Waals surface area (Å²) in [6.45, 7) is 13.1. The average molecular weight is 863 g/mol. The Morgan fingerprint density at radius 1 is 0.698 bits per heavy atom. The summed E-state index contributed by atoms with van der Waals surface area (Å²) in [5.41, 5.74) is 5.24. The van der Waals surface area contributed by atoms with Crippen molar-refractivity contribution in [2.45, 2.75) is 97.1 Å². The van der Waals surface area contributed by atoms with Gasteiger partial charge in [0.25, 0.3) is 0 Å². The number of carbonyl (C=O) groups excluding carboxylic acids is 2. The van der Waals surface area contributed by atoms with Crippen molar-refractivity contribution in [1.29, 1.82) is 0 Å². The number of hydrogen-bond donors (Lipinski definition) is 4. The van der Waals surface area contributed by atoms with Gasteiger partial charge in [0.15, 0.2) is 35.0 Å². The van der Waals surface area contributed by atoms with E-state index < -0.39 is 11.2 Å². The highest BCUT2D eigenvalue weighted by Crippen LogP contribution is 2.36. The van der Waals surface area contributed by atoms with Crippen LogP contribution < -0.4 is 14.5 Å². The van der Waals surface area contributed by atoms with Crippen LogP contribution in [0.3, 0.4) is 0 Å². The van der Waals surface area contributed by atoms with E-state index in [1.54, 1.807) is 24.5 Å². The molecule has 2 saturated heterocycles. The molecule has 0 aliphatic carbocycles. The van der Waals surface area contributed by atoms with Gasteiger partial charge in [0, 0.05) is 31.3 Å². The largest absolute Gasteiger partial charge is 0.506 e. The molecular weight excluding hydrogens is 809 g/mol. The van der Waals surface area contributed by atoms with Gasteiger partial charge in [-0.15, -0.1) is 0 Å². The number of hydrogen-bond acceptors (Lipinski definition) is 15. The molecule has 332 valence electrons. The van der Waals surface area contributed by atoms with E-state index in [1.165, 1.54) is 12.8 Å². The van der Waals surface area contributed by atoms with Crippen molar-refractivity contribution in [3.63, 3.8) is 0 Å². The summed E-state index contributed by atoms with van der Waals surface area (Å²) >= 11 is 0. The molecule has 0 amide bonds. The summed E-state index contributed by atoms with van der Waals surface area (Å²) in [7, 11) is 1.00. The smallest absolute Gasteiger partial charge is 0.329 e. The molecular formula is C46H54N8O9. The maximum absolute atomic E-state index is 12.7. The third-order valence-electron chi connectivity index (χ3n) is 10.3. The van der Waals surface area contributed by atoms with Crippen LogP contribution in [0.1, 0.15) is 72.8 Å². The lowest BCUT2D eigenvalue weighted by Crippen LogP contribution is -2.41. The average Bonchev–Trinajstić information content (AvgIpc) is 4.10. The number of aromatic nitrogens is 6. The van der Waals surface area contributed by atoms with Crippen LogP contribution in [0.25, 0.3) is 44.7 Å². The Bertz CT molecular complexity index is 2640. The lowest BCUT2D eigenvalue weighted by atomic mass is 10.1. The SMILES string of the molecule is CC(C)(C)OC(=O)C1CCCN1c1ncc(-c2ccc(O)c3ncoc23)[nH]1.CC(C)(C)OC(=O)C1CCCN1c1ncc(-c2ccc(OCc3ccccc3)c3ncoc23)[nH]1.CO. The number of imidazole rings is 2. The molecule has 0 radical (unpaired) electrons. The number of nitrogens with zero attached hydrogens (tertiary/aromatic N) is 6. The Morgan fingerprint density at radius 3 is 1.71 bits per heavy atom. The molecule has 2 aliphatic heterocycles. The maximum Gasteiger partial charge on any atom is 0.329 e. The van der Waals surface area contributed by atoms with Crippen molar-refractivity contribution in [1.82, 2.24) is 29.9 Å². The summed E-state index contributed by atoms with van der Waals surface area (Å²) in [4.78, 5) is 53.2. The van der Waals surface area contributed by atoms with E-state index in [9.17, 15) is 14.7 Å². The molecule has 2 fully saturated rings. The second kappa shape index (κ2) is 18.6. The molecule has 2 atom stereocenters. The lowest BCUT2D eigenvalue weighted by Gasteiger charge is -2.27. The predicted molar refractivity (Wildman–Crippen MR) is 236 cm³/mol. The summed E-state index contributed by atoms with van der Waals surface area (Å²) in [5.74, 6) is 1.51. The number of phenols is 1. The minimum absolute atomic E-state index is 0.0618. The predicted octanol–water partition coefficient (Wildman–Crippen LogP) is 7.95. The second-order valence-electron chi connectivity index (χ2n) is 17.1. The van der Waals surface area contributed by atoms with E-state index in [2.05, 4.69) is 29.9 Å². The van der Waals surface area contributed by atoms with Crippen LogP contribution in [0.5, 0.6) is 11.5 Å². The molecule has 7 aromatic rings. The molecule has 63 heavy (non-hydrogen) atoms. The van der Waals surface area contributed by atoms with Crippen molar-refractivity contribution in [2.75, 3.05) is 30.0 Å². The van der Waals surface area contributed by atoms with Gasteiger partial charge in [-0.25, -0.2) is 29.5 Å². The Balaban J connectivity index is 0.000000186. The zero-order valence-corrected chi connectivity index (χ0v) is 36.5. The van der Waals surface area contributed by atoms with Gasteiger partial charge in [-0.2, -0.15) is 0 Å². The molecule has 4 N–H and O–H groups in total. The summed E-state index contributed by atoms with van der Waals surface area (Å²) in [5, 5.41) is 16.9. The van der Waals surface area contributed by atoms with Gasteiger partial charge in [-0.3, -0.25) is 0 Å². The number of H-pyrrole nitrogens is 2. The third kappa shape index (κ3) is 10.1. The Morgan fingerprint density at radius 2 is 1.19 bits per heavy atom. The Labute approximate surface area is 364 Å². The first-order valence-electron chi connectivity index (χ1n) is 20.8. The highest BCUT2D eigenvalue weighted by atomic mass is 16.6. The topological polar surface area (TPSA) is 218 Å². The lowest BCUT2D eigenvalue weighted by molar-refractivity contribution is -0.157. The number of benzene rings is 3. The van der Waals surface area contributed by atoms with E-state index in [1.807, 2.05) is 93.8 Å². The molecule has 2 unspecified atom stereocenters. The number of phenolic OH excluding ortho intramolecular Hbond substituents is 1. The normalized spacial score (nSPS) is 16.4. The van der Waals surface area contributed by atoms with Gasteiger partial charge in [0.2, 0.25) is 11.9 Å². The molecule has 0 spiro atoms. The molecule has 2 aliphatic rings. The van der Waals surface area contributed by atoms with Crippen LogP contribution in [-0.4, -0.2) is 95.5 Å². The van der Waals surface area contributed by atoms with Gasteiger partial charge in [-0.1, -0.05) is 30.3 Å². The van der Waals surface area contributed by atoms with E-state index in [4.69, 9.17) is 28.2 Å². The van der Waals surface area contributed by atoms with Crippen LogP contribution >= 0.6 is 0 Å². The number of ether oxygens (including phenoxy) is 3. The molecule has 4 aromatic heterocycles. The highest BCUT2D eigenvalue weighted by molar-refractivity contribution is 5.94. The van der Waals surface area contributed by atoms with E-state index in [0.29, 0.717) is 46.5 Å². The number of esters is 2. The van der Waals surface area contributed by atoms with Crippen molar-refractivity contribution >= 4 is 46.0 Å². The summed E-state index contributed by atoms with van der Waals surface area (Å²) in [6.07, 6.45) is 9.42.